The van der Waals surface area contributed by atoms with E-state index in [0.29, 0.717) is 13.1 Å². The molecule has 24 heavy (non-hydrogen) atoms. The zero-order valence-electron chi connectivity index (χ0n) is 14.2. The minimum absolute atomic E-state index is 0.0220. The van der Waals surface area contributed by atoms with E-state index in [1.165, 1.54) is 6.07 Å². The molecule has 0 saturated carbocycles. The van der Waals surface area contributed by atoms with E-state index in [1.54, 1.807) is 19.1 Å². The molecule has 0 radical (unpaired) electrons. The van der Waals surface area contributed by atoms with Crippen LogP contribution in [0.5, 0.6) is 0 Å². The van der Waals surface area contributed by atoms with Crippen molar-refractivity contribution in [2.24, 2.45) is 5.92 Å². The molecule has 0 bridgehead atoms. The van der Waals surface area contributed by atoms with Crippen molar-refractivity contribution in [1.29, 1.82) is 0 Å². The highest BCUT2D eigenvalue weighted by Gasteiger charge is 2.35. The summed E-state index contributed by atoms with van der Waals surface area (Å²) in [6.45, 7) is 3.73. The highest BCUT2D eigenvalue weighted by molar-refractivity contribution is 5.80. The second kappa shape index (κ2) is 7.32. The third kappa shape index (κ3) is 3.77. The van der Waals surface area contributed by atoms with Gasteiger partial charge in [-0.05, 0) is 49.8 Å². The van der Waals surface area contributed by atoms with Crippen LogP contribution < -0.4 is 0 Å². The van der Waals surface area contributed by atoms with Crippen LogP contribution in [0.4, 0.5) is 4.39 Å². The van der Waals surface area contributed by atoms with Crippen molar-refractivity contribution in [3.8, 4) is 0 Å². The zero-order chi connectivity index (χ0) is 17.1. The predicted octanol–water partition coefficient (Wildman–Crippen LogP) is 2.62. The lowest BCUT2D eigenvalue weighted by Crippen LogP contribution is -2.45. The van der Waals surface area contributed by atoms with E-state index in [9.17, 15) is 14.0 Å². The monoisotopic (exact) mass is 332 g/mol. The number of carbonyl (C=O) groups excluding carboxylic acids is 2. The molecule has 2 amide bonds. The van der Waals surface area contributed by atoms with Crippen molar-refractivity contribution in [2.75, 3.05) is 19.6 Å². The molecule has 2 aliphatic heterocycles. The van der Waals surface area contributed by atoms with Gasteiger partial charge in [0, 0.05) is 38.5 Å². The van der Waals surface area contributed by atoms with Gasteiger partial charge in [-0.25, -0.2) is 4.39 Å². The van der Waals surface area contributed by atoms with E-state index in [2.05, 4.69) is 0 Å². The van der Waals surface area contributed by atoms with Gasteiger partial charge in [0.05, 0.1) is 0 Å². The van der Waals surface area contributed by atoms with Crippen molar-refractivity contribution < 1.29 is 14.0 Å². The van der Waals surface area contributed by atoms with Gasteiger partial charge in [-0.3, -0.25) is 9.59 Å². The smallest absolute Gasteiger partial charge is 0.226 e. The quantitative estimate of drug-likeness (QED) is 0.854. The summed E-state index contributed by atoms with van der Waals surface area (Å²) in [4.78, 5) is 28.1. The number of halogens is 1. The summed E-state index contributed by atoms with van der Waals surface area (Å²) in [7, 11) is 0. The number of likely N-dealkylation sites (tertiary alicyclic amines) is 2. The average molecular weight is 332 g/mol. The topological polar surface area (TPSA) is 40.6 Å². The van der Waals surface area contributed by atoms with Crippen LogP contribution >= 0.6 is 0 Å². The number of amides is 2. The number of rotatable bonds is 3. The summed E-state index contributed by atoms with van der Waals surface area (Å²) in [6, 6.07) is 6.83. The molecule has 5 heteroatoms. The van der Waals surface area contributed by atoms with Gasteiger partial charge < -0.3 is 9.80 Å². The SMILES string of the molecule is CC(=O)N1CCC(C(=O)N2CCCC2Cc2cccc(F)c2)CC1. The van der Waals surface area contributed by atoms with E-state index in [1.807, 2.05) is 15.9 Å². The van der Waals surface area contributed by atoms with Gasteiger partial charge in [-0.1, -0.05) is 12.1 Å². The molecule has 0 N–H and O–H groups in total. The molecule has 1 unspecified atom stereocenters. The first-order valence-electron chi connectivity index (χ1n) is 8.85. The fourth-order valence-corrected chi connectivity index (χ4v) is 3.95. The van der Waals surface area contributed by atoms with Crippen molar-refractivity contribution in [3.63, 3.8) is 0 Å². The number of nitrogens with zero attached hydrogens (tertiary/aromatic N) is 2. The van der Waals surface area contributed by atoms with Crippen LogP contribution in [0, 0.1) is 11.7 Å². The van der Waals surface area contributed by atoms with Crippen LogP contribution in [0.25, 0.3) is 0 Å². The highest BCUT2D eigenvalue weighted by Crippen LogP contribution is 2.27. The Morgan fingerprint density at radius 3 is 2.58 bits per heavy atom. The lowest BCUT2D eigenvalue weighted by Gasteiger charge is -2.34. The van der Waals surface area contributed by atoms with E-state index >= 15 is 0 Å². The first kappa shape index (κ1) is 16.9. The van der Waals surface area contributed by atoms with Gasteiger partial charge in [0.2, 0.25) is 11.8 Å². The lowest BCUT2D eigenvalue weighted by molar-refractivity contribution is -0.140. The molecule has 0 aromatic heterocycles. The molecule has 1 atom stereocenters. The van der Waals surface area contributed by atoms with Crippen LogP contribution in [0.3, 0.4) is 0 Å². The first-order valence-corrected chi connectivity index (χ1v) is 8.85. The van der Waals surface area contributed by atoms with E-state index in [-0.39, 0.29) is 29.6 Å². The molecule has 0 spiro atoms. The van der Waals surface area contributed by atoms with E-state index in [4.69, 9.17) is 0 Å². The Labute approximate surface area is 142 Å². The van der Waals surface area contributed by atoms with Gasteiger partial charge in [-0.15, -0.1) is 0 Å². The fraction of sp³-hybridized carbons (Fsp3) is 0.579. The van der Waals surface area contributed by atoms with E-state index in [0.717, 1.165) is 44.2 Å². The minimum atomic E-state index is -0.222. The summed E-state index contributed by atoms with van der Waals surface area (Å²) in [6.07, 6.45) is 4.21. The maximum atomic E-state index is 13.4. The average Bonchev–Trinajstić information content (AvgIpc) is 3.02. The van der Waals surface area contributed by atoms with Crippen molar-refractivity contribution in [1.82, 2.24) is 9.80 Å². The molecule has 2 heterocycles. The van der Waals surface area contributed by atoms with Crippen molar-refractivity contribution >= 4 is 11.8 Å². The Bertz CT molecular complexity index is 611. The van der Waals surface area contributed by atoms with Crippen LogP contribution in [0.2, 0.25) is 0 Å². The standard InChI is InChI=1S/C19H25FN2O2/c1-14(23)21-10-7-16(8-11-21)19(24)22-9-3-6-18(22)13-15-4-2-5-17(20)12-15/h2,4-5,12,16,18H,3,6-11,13H2,1H3. The van der Waals surface area contributed by atoms with E-state index < -0.39 is 0 Å². The normalized spacial score (nSPS) is 22.0. The molecule has 1 aromatic rings. The van der Waals surface area contributed by atoms with Crippen molar-refractivity contribution in [2.45, 2.75) is 45.1 Å². The van der Waals surface area contributed by atoms with Crippen LogP contribution in [0.15, 0.2) is 24.3 Å². The Kier molecular flexibility index (Phi) is 5.17. The number of hydrogen-bond acceptors (Lipinski definition) is 2. The summed E-state index contributed by atoms with van der Waals surface area (Å²) in [5.41, 5.74) is 0.950. The largest absolute Gasteiger partial charge is 0.343 e. The molecule has 130 valence electrons. The third-order valence-corrected chi connectivity index (χ3v) is 5.31. The summed E-state index contributed by atoms with van der Waals surface area (Å²) in [5.74, 6) is 0.108. The van der Waals surface area contributed by atoms with Crippen LogP contribution in [0.1, 0.15) is 38.2 Å². The molecular formula is C19H25FN2O2. The molecule has 0 aliphatic carbocycles. The van der Waals surface area contributed by atoms with Crippen LogP contribution in [-0.4, -0.2) is 47.3 Å². The van der Waals surface area contributed by atoms with Gasteiger partial charge in [0.25, 0.3) is 0 Å². The number of benzene rings is 1. The zero-order valence-corrected chi connectivity index (χ0v) is 14.2. The summed E-state index contributed by atoms with van der Waals surface area (Å²) < 4.78 is 13.4. The van der Waals surface area contributed by atoms with Gasteiger partial charge >= 0.3 is 0 Å². The second-order valence-electron chi connectivity index (χ2n) is 6.94. The van der Waals surface area contributed by atoms with Crippen molar-refractivity contribution in [3.05, 3.63) is 35.6 Å². The Morgan fingerprint density at radius 2 is 1.92 bits per heavy atom. The number of carbonyl (C=O) groups is 2. The fourth-order valence-electron chi connectivity index (χ4n) is 3.95. The summed E-state index contributed by atoms with van der Waals surface area (Å²) in [5, 5.41) is 0. The molecule has 2 fully saturated rings. The lowest BCUT2D eigenvalue weighted by atomic mass is 9.94. The molecule has 2 aliphatic rings. The van der Waals surface area contributed by atoms with Crippen LogP contribution in [-0.2, 0) is 16.0 Å². The predicted molar refractivity (Wildman–Crippen MR) is 89.8 cm³/mol. The molecular weight excluding hydrogens is 307 g/mol. The first-order chi connectivity index (χ1) is 11.5. The van der Waals surface area contributed by atoms with Gasteiger partial charge in [0.1, 0.15) is 5.82 Å². The maximum Gasteiger partial charge on any atom is 0.226 e. The minimum Gasteiger partial charge on any atom is -0.343 e. The molecule has 1 aromatic carbocycles. The Hall–Kier alpha value is -1.91. The highest BCUT2D eigenvalue weighted by atomic mass is 19.1. The maximum absolute atomic E-state index is 13.4. The Balaban J connectivity index is 1.61. The molecule has 3 rings (SSSR count). The number of hydrogen-bond donors (Lipinski definition) is 0. The van der Waals surface area contributed by atoms with Gasteiger partial charge in [-0.2, -0.15) is 0 Å². The Morgan fingerprint density at radius 1 is 1.17 bits per heavy atom. The summed E-state index contributed by atoms with van der Waals surface area (Å²) >= 11 is 0. The molecule has 4 nitrogen and oxygen atoms in total. The third-order valence-electron chi connectivity index (χ3n) is 5.31. The molecule has 2 saturated heterocycles. The van der Waals surface area contributed by atoms with Gasteiger partial charge in [0.15, 0.2) is 0 Å². The second-order valence-corrected chi connectivity index (χ2v) is 6.94. The number of piperidine rings is 1.